The van der Waals surface area contributed by atoms with E-state index in [0.29, 0.717) is 12.3 Å². The highest BCUT2D eigenvalue weighted by molar-refractivity contribution is 5.90. The van der Waals surface area contributed by atoms with Gasteiger partial charge in [-0.25, -0.2) is 0 Å². The van der Waals surface area contributed by atoms with Gasteiger partial charge in [0.25, 0.3) is 0 Å². The SMILES string of the molecule is CCCCCCO.COc1cc(N)c2ncccc2c1. The Balaban J connectivity index is 0.000000246. The molecule has 2 aromatic rings. The molecule has 0 atom stereocenters. The van der Waals surface area contributed by atoms with Gasteiger partial charge in [0.05, 0.1) is 18.3 Å². The predicted octanol–water partition coefficient (Wildman–Crippen LogP) is 3.38. The van der Waals surface area contributed by atoms with Crippen LogP contribution in [0.1, 0.15) is 32.6 Å². The Labute approximate surface area is 120 Å². The Morgan fingerprint density at radius 2 is 2.05 bits per heavy atom. The molecule has 3 N–H and O–H groups in total. The van der Waals surface area contributed by atoms with Crippen molar-refractivity contribution in [2.45, 2.75) is 32.6 Å². The molecule has 4 heteroatoms. The molecule has 1 aromatic carbocycles. The second-order valence-corrected chi connectivity index (χ2v) is 4.58. The molecule has 2 rings (SSSR count). The van der Waals surface area contributed by atoms with Crippen molar-refractivity contribution in [2.24, 2.45) is 0 Å². The summed E-state index contributed by atoms with van der Waals surface area (Å²) >= 11 is 0. The molecule has 0 aliphatic rings. The number of anilines is 1. The molecular weight excluding hydrogens is 252 g/mol. The highest BCUT2D eigenvalue weighted by atomic mass is 16.5. The van der Waals surface area contributed by atoms with Gasteiger partial charge >= 0.3 is 0 Å². The number of unbranched alkanes of at least 4 members (excludes halogenated alkanes) is 3. The monoisotopic (exact) mass is 276 g/mol. The lowest BCUT2D eigenvalue weighted by Crippen LogP contribution is -1.91. The fraction of sp³-hybridized carbons (Fsp3) is 0.438. The highest BCUT2D eigenvalue weighted by Gasteiger charge is 2.01. The van der Waals surface area contributed by atoms with Gasteiger partial charge in [-0.1, -0.05) is 32.3 Å². The Morgan fingerprint density at radius 3 is 2.70 bits per heavy atom. The average Bonchev–Trinajstić information content (AvgIpc) is 2.48. The Hall–Kier alpha value is -1.81. The molecule has 0 aliphatic carbocycles. The van der Waals surface area contributed by atoms with Gasteiger partial charge in [-0.15, -0.1) is 0 Å². The first kappa shape index (κ1) is 16.2. The normalized spacial score (nSPS) is 9.95. The molecule has 0 bridgehead atoms. The van der Waals surface area contributed by atoms with E-state index in [4.69, 9.17) is 15.6 Å². The van der Waals surface area contributed by atoms with E-state index in [1.165, 1.54) is 19.3 Å². The van der Waals surface area contributed by atoms with Crippen molar-refractivity contribution in [1.82, 2.24) is 4.98 Å². The number of aliphatic hydroxyl groups excluding tert-OH is 1. The van der Waals surface area contributed by atoms with Gasteiger partial charge < -0.3 is 15.6 Å². The number of pyridine rings is 1. The molecule has 0 aliphatic heterocycles. The van der Waals surface area contributed by atoms with Gasteiger partial charge in [0, 0.05) is 24.3 Å². The van der Waals surface area contributed by atoms with E-state index in [1.54, 1.807) is 19.4 Å². The average molecular weight is 276 g/mol. The Morgan fingerprint density at radius 1 is 1.25 bits per heavy atom. The van der Waals surface area contributed by atoms with Crippen LogP contribution in [0.3, 0.4) is 0 Å². The molecule has 20 heavy (non-hydrogen) atoms. The highest BCUT2D eigenvalue weighted by Crippen LogP contribution is 2.24. The maximum absolute atomic E-state index is 8.29. The topological polar surface area (TPSA) is 68.4 Å². The van der Waals surface area contributed by atoms with Gasteiger partial charge in [-0.3, -0.25) is 4.98 Å². The van der Waals surface area contributed by atoms with E-state index in [9.17, 15) is 0 Å². The molecule has 0 spiro atoms. The van der Waals surface area contributed by atoms with Crippen molar-refractivity contribution in [3.63, 3.8) is 0 Å². The van der Waals surface area contributed by atoms with Gasteiger partial charge in [0.15, 0.2) is 0 Å². The summed E-state index contributed by atoms with van der Waals surface area (Å²) in [7, 11) is 1.62. The van der Waals surface area contributed by atoms with Crippen LogP contribution >= 0.6 is 0 Å². The summed E-state index contributed by atoms with van der Waals surface area (Å²) in [5.74, 6) is 0.762. The maximum Gasteiger partial charge on any atom is 0.121 e. The van der Waals surface area contributed by atoms with Crippen LogP contribution in [0.4, 0.5) is 5.69 Å². The van der Waals surface area contributed by atoms with Crippen LogP contribution in [-0.2, 0) is 0 Å². The minimum atomic E-state index is 0.361. The Kier molecular flexibility index (Phi) is 7.43. The van der Waals surface area contributed by atoms with Crippen LogP contribution in [0.25, 0.3) is 10.9 Å². The molecule has 0 saturated heterocycles. The molecule has 0 radical (unpaired) electrons. The summed E-state index contributed by atoms with van der Waals surface area (Å²) in [4.78, 5) is 4.18. The molecule has 110 valence electrons. The minimum Gasteiger partial charge on any atom is -0.497 e. The van der Waals surface area contributed by atoms with E-state index in [2.05, 4.69) is 11.9 Å². The van der Waals surface area contributed by atoms with E-state index in [1.807, 2.05) is 18.2 Å². The van der Waals surface area contributed by atoms with E-state index >= 15 is 0 Å². The first-order chi connectivity index (χ1) is 9.72. The number of aliphatic hydroxyl groups is 1. The number of ether oxygens (including phenoxy) is 1. The number of hydrogen-bond donors (Lipinski definition) is 2. The first-order valence-corrected chi connectivity index (χ1v) is 7.02. The van der Waals surface area contributed by atoms with Crippen LogP contribution < -0.4 is 10.5 Å². The summed E-state index contributed by atoms with van der Waals surface area (Å²) in [6.07, 6.45) is 6.41. The number of nitrogens with zero attached hydrogens (tertiary/aromatic N) is 1. The number of aromatic nitrogens is 1. The predicted molar refractivity (Wildman–Crippen MR) is 83.9 cm³/mol. The van der Waals surface area contributed by atoms with E-state index < -0.39 is 0 Å². The van der Waals surface area contributed by atoms with Crippen LogP contribution in [-0.4, -0.2) is 23.8 Å². The van der Waals surface area contributed by atoms with E-state index in [-0.39, 0.29) is 0 Å². The number of nitrogens with two attached hydrogens (primary N) is 1. The lowest BCUT2D eigenvalue weighted by Gasteiger charge is -2.04. The minimum absolute atomic E-state index is 0.361. The third-order valence-electron chi connectivity index (χ3n) is 2.96. The number of methoxy groups -OCH3 is 1. The second-order valence-electron chi connectivity index (χ2n) is 4.58. The van der Waals surface area contributed by atoms with Crippen molar-refractivity contribution < 1.29 is 9.84 Å². The molecular formula is C16H24N2O2. The number of fused-ring (bicyclic) bond motifs is 1. The van der Waals surface area contributed by atoms with Crippen molar-refractivity contribution in [1.29, 1.82) is 0 Å². The first-order valence-electron chi connectivity index (χ1n) is 7.02. The maximum atomic E-state index is 8.29. The van der Waals surface area contributed by atoms with Crippen molar-refractivity contribution in [2.75, 3.05) is 19.5 Å². The molecule has 0 fully saturated rings. The third-order valence-corrected chi connectivity index (χ3v) is 2.96. The number of benzene rings is 1. The fourth-order valence-corrected chi connectivity index (χ4v) is 1.85. The number of rotatable bonds is 5. The van der Waals surface area contributed by atoms with Crippen LogP contribution in [0, 0.1) is 0 Å². The quantitative estimate of drug-likeness (QED) is 0.649. The van der Waals surface area contributed by atoms with E-state index in [0.717, 1.165) is 23.1 Å². The van der Waals surface area contributed by atoms with Crippen LogP contribution in [0.2, 0.25) is 0 Å². The third kappa shape index (κ3) is 5.05. The lowest BCUT2D eigenvalue weighted by molar-refractivity contribution is 0.283. The van der Waals surface area contributed by atoms with Gasteiger partial charge in [0.1, 0.15) is 5.75 Å². The molecule has 4 nitrogen and oxygen atoms in total. The standard InChI is InChI=1S/C10H10N2O.C6H14O/c1-13-8-5-7-3-2-4-12-10(7)9(11)6-8;1-2-3-4-5-6-7/h2-6H,11H2,1H3;7H,2-6H2,1H3. The summed E-state index contributed by atoms with van der Waals surface area (Å²) < 4.78 is 5.10. The Bertz CT molecular complexity index is 511. The molecule has 0 unspecified atom stereocenters. The summed E-state index contributed by atoms with van der Waals surface area (Å²) in [6.45, 7) is 2.53. The zero-order valence-corrected chi connectivity index (χ0v) is 12.3. The largest absolute Gasteiger partial charge is 0.497 e. The van der Waals surface area contributed by atoms with Gasteiger partial charge in [0.2, 0.25) is 0 Å². The molecule has 0 amide bonds. The zero-order chi connectivity index (χ0) is 14.8. The molecule has 1 heterocycles. The van der Waals surface area contributed by atoms with Crippen LogP contribution in [0.5, 0.6) is 5.75 Å². The summed E-state index contributed by atoms with van der Waals surface area (Å²) in [5, 5.41) is 9.29. The van der Waals surface area contributed by atoms with Crippen LogP contribution in [0.15, 0.2) is 30.5 Å². The summed E-state index contributed by atoms with van der Waals surface area (Å²) in [5.41, 5.74) is 7.26. The fourth-order valence-electron chi connectivity index (χ4n) is 1.85. The van der Waals surface area contributed by atoms with Crippen molar-refractivity contribution >= 4 is 16.6 Å². The van der Waals surface area contributed by atoms with Gasteiger partial charge in [-0.05, 0) is 18.6 Å². The number of nitrogen functional groups attached to an aromatic ring is 1. The zero-order valence-electron chi connectivity index (χ0n) is 12.3. The second kappa shape index (κ2) is 9.15. The van der Waals surface area contributed by atoms with Crippen molar-refractivity contribution in [3.8, 4) is 5.75 Å². The smallest absolute Gasteiger partial charge is 0.121 e. The lowest BCUT2D eigenvalue weighted by atomic mass is 10.2. The van der Waals surface area contributed by atoms with Crippen molar-refractivity contribution in [3.05, 3.63) is 30.5 Å². The molecule has 0 saturated carbocycles. The molecule has 1 aromatic heterocycles. The summed E-state index contributed by atoms with van der Waals surface area (Å²) in [6, 6.07) is 7.52. The number of hydrogen-bond acceptors (Lipinski definition) is 4. The van der Waals surface area contributed by atoms with Gasteiger partial charge in [-0.2, -0.15) is 0 Å².